The van der Waals surface area contributed by atoms with Crippen LogP contribution in [0.5, 0.6) is 0 Å². The molecule has 100 valence electrons. The predicted octanol–water partition coefficient (Wildman–Crippen LogP) is 2.70. The molecule has 0 aromatic rings. The van der Waals surface area contributed by atoms with Crippen molar-refractivity contribution >= 4 is 28.2 Å². The van der Waals surface area contributed by atoms with Crippen molar-refractivity contribution in [2.75, 3.05) is 18.0 Å². The first-order valence-corrected chi connectivity index (χ1v) is 11.8. The summed E-state index contributed by atoms with van der Waals surface area (Å²) in [6.07, 6.45) is 3.46. The predicted molar refractivity (Wildman–Crippen MR) is 88.4 cm³/mol. The van der Waals surface area contributed by atoms with Gasteiger partial charge in [-0.3, -0.25) is 0 Å². The molecule has 0 aromatic heterocycles. The van der Waals surface area contributed by atoms with Gasteiger partial charge in [0, 0.05) is 0 Å². The third-order valence-corrected chi connectivity index (χ3v) is 8.49. The van der Waals surface area contributed by atoms with E-state index in [0.717, 1.165) is 17.4 Å². The molecule has 1 atom stereocenters. The molecule has 1 rings (SSSR count). The van der Waals surface area contributed by atoms with Crippen molar-refractivity contribution < 1.29 is 0 Å². The molecule has 0 saturated heterocycles. The number of allylic oxidation sites excluding steroid dienone is 3. The van der Waals surface area contributed by atoms with E-state index in [-0.39, 0.29) is 6.17 Å². The van der Waals surface area contributed by atoms with E-state index in [1.165, 1.54) is 15.0 Å². The molecule has 0 spiro atoms. The van der Waals surface area contributed by atoms with Crippen molar-refractivity contribution in [1.29, 1.82) is 0 Å². The molecular weight excluding hydrogens is 345 g/mol. The van der Waals surface area contributed by atoms with E-state index in [4.69, 9.17) is 15.5 Å². The quantitative estimate of drug-likeness (QED) is 0.230. The molecule has 0 saturated carbocycles. The van der Waals surface area contributed by atoms with Gasteiger partial charge in [-0.25, -0.2) is 0 Å². The molecule has 3 nitrogen and oxygen atoms in total. The Bertz CT molecular complexity index is 326. The topological polar surface area (TPSA) is 41.3 Å². The van der Waals surface area contributed by atoms with Gasteiger partial charge in [0.05, 0.1) is 0 Å². The molecular formula is C12H24IN3S. The van der Waals surface area contributed by atoms with Crippen LogP contribution in [0.1, 0.15) is 27.2 Å². The molecule has 0 aromatic carbocycles. The fourth-order valence-corrected chi connectivity index (χ4v) is 7.18. The zero-order valence-electron chi connectivity index (χ0n) is 11.1. The summed E-state index contributed by atoms with van der Waals surface area (Å²) in [5.41, 5.74) is 8.82. The van der Waals surface area contributed by atoms with E-state index < -0.39 is 18.4 Å². The summed E-state index contributed by atoms with van der Waals surface area (Å²) in [6, 6.07) is 0. The molecule has 0 bridgehead atoms. The second-order valence-corrected chi connectivity index (χ2v) is 10.9. The van der Waals surface area contributed by atoms with Gasteiger partial charge in [-0.15, -0.1) is 0 Å². The molecule has 0 unspecified atom stereocenters. The van der Waals surface area contributed by atoms with Gasteiger partial charge in [0.1, 0.15) is 0 Å². The van der Waals surface area contributed by atoms with Crippen molar-refractivity contribution in [2.24, 2.45) is 5.73 Å². The number of alkyl halides is 1. The Balaban J connectivity index is 2.98. The van der Waals surface area contributed by atoms with Gasteiger partial charge < -0.3 is 0 Å². The molecule has 0 aliphatic carbocycles. The monoisotopic (exact) mass is 369 g/mol. The standard InChI is InChI=1S/C12H24IN3S/c1-5-6-16(10(3)14)11-8-13(17)12(15-4)7-9(11)2/h7,10,15,17H,5-6,8,14H2,1-4H3/t10-/m0/s1. The van der Waals surface area contributed by atoms with Crippen LogP contribution in [-0.4, -0.2) is 29.1 Å². The van der Waals surface area contributed by atoms with Crippen LogP contribution in [0.4, 0.5) is 0 Å². The normalized spacial score (nSPS) is 20.1. The third-order valence-electron chi connectivity index (χ3n) is 2.83. The first-order chi connectivity index (χ1) is 8.01. The average molecular weight is 369 g/mol. The number of halogens is 1. The first kappa shape index (κ1) is 15.2. The summed E-state index contributed by atoms with van der Waals surface area (Å²) in [5.74, 6) is 0. The Morgan fingerprint density at radius 3 is 2.76 bits per heavy atom. The van der Waals surface area contributed by atoms with Crippen LogP contribution in [0.25, 0.3) is 0 Å². The Morgan fingerprint density at radius 2 is 2.29 bits per heavy atom. The van der Waals surface area contributed by atoms with Crippen LogP contribution in [0, 0.1) is 0 Å². The number of hydrogen-bond donors (Lipinski definition) is 3. The Labute approximate surface area is 116 Å². The molecule has 5 heteroatoms. The fourth-order valence-electron chi connectivity index (χ4n) is 1.94. The van der Waals surface area contributed by atoms with Gasteiger partial charge in [-0.1, -0.05) is 0 Å². The summed E-state index contributed by atoms with van der Waals surface area (Å²) in [6.45, 7) is 7.46. The van der Waals surface area contributed by atoms with Crippen LogP contribution in [0.3, 0.4) is 0 Å². The molecule has 0 radical (unpaired) electrons. The number of rotatable bonds is 5. The van der Waals surface area contributed by atoms with Crippen molar-refractivity contribution in [3.05, 3.63) is 21.0 Å². The summed E-state index contributed by atoms with van der Waals surface area (Å²) in [5, 5.41) is 3.28. The van der Waals surface area contributed by atoms with E-state index in [9.17, 15) is 0 Å². The van der Waals surface area contributed by atoms with Gasteiger partial charge in [-0.2, -0.15) is 0 Å². The minimum atomic E-state index is -1.32. The van der Waals surface area contributed by atoms with E-state index in [0.29, 0.717) is 0 Å². The molecule has 1 aliphatic rings. The van der Waals surface area contributed by atoms with Gasteiger partial charge >= 0.3 is 117 Å². The second-order valence-electron chi connectivity index (χ2n) is 4.28. The first-order valence-electron chi connectivity index (χ1n) is 5.97. The van der Waals surface area contributed by atoms with Crippen molar-refractivity contribution in [3.8, 4) is 0 Å². The molecule has 3 N–H and O–H groups in total. The number of nitrogens with two attached hydrogens (primary N) is 1. The van der Waals surface area contributed by atoms with Crippen LogP contribution in [0.15, 0.2) is 21.0 Å². The van der Waals surface area contributed by atoms with Crippen LogP contribution in [-0.2, 0) is 0 Å². The zero-order chi connectivity index (χ0) is 13.0. The van der Waals surface area contributed by atoms with E-state index in [2.05, 4.69) is 37.1 Å². The van der Waals surface area contributed by atoms with Gasteiger partial charge in [0.2, 0.25) is 0 Å². The van der Waals surface area contributed by atoms with Crippen molar-refractivity contribution in [1.82, 2.24) is 10.2 Å². The van der Waals surface area contributed by atoms with Crippen LogP contribution >= 0.6 is 28.2 Å². The fraction of sp³-hybridized carbons (Fsp3) is 0.667. The summed E-state index contributed by atoms with van der Waals surface area (Å²) in [4.78, 5) is 2.33. The Hall–Kier alpha value is 0.120. The van der Waals surface area contributed by atoms with Crippen LogP contribution in [0.2, 0.25) is 0 Å². The zero-order valence-corrected chi connectivity index (χ0v) is 14.2. The number of nitrogens with one attached hydrogen (secondary N) is 1. The SMILES string of the molecule is CCCN(C1=C(C)C=C(NC)I(S)C1)[C@@H](C)N. The average Bonchev–Trinajstić information content (AvgIpc) is 2.28. The van der Waals surface area contributed by atoms with Gasteiger partial charge in [0.25, 0.3) is 0 Å². The van der Waals surface area contributed by atoms with Crippen molar-refractivity contribution in [2.45, 2.75) is 33.4 Å². The molecule has 0 amide bonds. The Morgan fingerprint density at radius 1 is 1.65 bits per heavy atom. The van der Waals surface area contributed by atoms with Gasteiger partial charge in [0.15, 0.2) is 0 Å². The van der Waals surface area contributed by atoms with Crippen LogP contribution < -0.4 is 11.1 Å². The maximum atomic E-state index is 6.08. The van der Waals surface area contributed by atoms with Crippen molar-refractivity contribution in [3.63, 3.8) is 0 Å². The molecule has 0 fully saturated rings. The maximum absolute atomic E-state index is 6.08. The molecule has 1 aliphatic heterocycles. The van der Waals surface area contributed by atoms with E-state index in [1.54, 1.807) is 0 Å². The molecule has 17 heavy (non-hydrogen) atoms. The minimum absolute atomic E-state index is 0.0852. The second kappa shape index (κ2) is 6.89. The number of hydrogen-bond acceptors (Lipinski definition) is 4. The number of thiol groups is 1. The van der Waals surface area contributed by atoms with E-state index >= 15 is 0 Å². The summed E-state index contributed by atoms with van der Waals surface area (Å²) in [7, 11) is 6.78. The molecule has 1 heterocycles. The third kappa shape index (κ3) is 3.79. The summed E-state index contributed by atoms with van der Waals surface area (Å²) < 4.78 is 2.45. The summed E-state index contributed by atoms with van der Waals surface area (Å²) >= 11 is -1.32. The number of nitrogens with zero attached hydrogens (tertiary/aromatic N) is 1. The van der Waals surface area contributed by atoms with E-state index in [1.807, 2.05) is 7.05 Å². The Kier molecular flexibility index (Phi) is 6.16. The van der Waals surface area contributed by atoms with Gasteiger partial charge in [-0.05, 0) is 0 Å².